The maximum atomic E-state index is 12.4. The Morgan fingerprint density at radius 1 is 1.27 bits per heavy atom. The van der Waals surface area contributed by atoms with Gasteiger partial charge in [0.2, 0.25) is 0 Å². The lowest BCUT2D eigenvalue weighted by atomic mass is 9.81. The van der Waals surface area contributed by atoms with Crippen LogP contribution in [0.25, 0.3) is 0 Å². The van der Waals surface area contributed by atoms with E-state index < -0.39 is 6.10 Å². The predicted octanol–water partition coefficient (Wildman–Crippen LogP) is 3.33. The fourth-order valence-electron chi connectivity index (χ4n) is 3.32. The van der Waals surface area contributed by atoms with Crippen LogP contribution in [0.5, 0.6) is 0 Å². The van der Waals surface area contributed by atoms with E-state index in [-0.39, 0.29) is 12.1 Å². The molecule has 0 bridgehead atoms. The van der Waals surface area contributed by atoms with Crippen LogP contribution in [0.3, 0.4) is 0 Å². The molecule has 2 rings (SSSR count). The Kier molecular flexibility index (Phi) is 6.25. The van der Waals surface area contributed by atoms with Crippen molar-refractivity contribution in [1.29, 1.82) is 0 Å². The molecule has 2 amide bonds. The van der Waals surface area contributed by atoms with Gasteiger partial charge in [0.25, 0.3) is 0 Å². The quantitative estimate of drug-likeness (QED) is 0.876. The normalized spacial score (nSPS) is 18.5. The Hall–Kier alpha value is -1.55. The van der Waals surface area contributed by atoms with Crippen LogP contribution in [0.4, 0.5) is 4.79 Å². The number of aliphatic hydroxyl groups is 1. The maximum Gasteiger partial charge on any atom is 0.317 e. The largest absolute Gasteiger partial charge is 0.392 e. The van der Waals surface area contributed by atoms with Crippen LogP contribution in [-0.2, 0) is 0 Å². The van der Waals surface area contributed by atoms with E-state index in [4.69, 9.17) is 0 Å². The fraction of sp³-hybridized carbons (Fsp3) is 0.611. The monoisotopic (exact) mass is 304 g/mol. The van der Waals surface area contributed by atoms with Crippen molar-refractivity contribution in [3.8, 4) is 0 Å². The third-order valence-electron chi connectivity index (χ3n) is 4.44. The highest BCUT2D eigenvalue weighted by molar-refractivity contribution is 5.74. The zero-order valence-electron chi connectivity index (χ0n) is 13.7. The molecule has 1 fully saturated rings. The summed E-state index contributed by atoms with van der Waals surface area (Å²) in [5.74, 6) is 0.500. The van der Waals surface area contributed by atoms with Crippen LogP contribution >= 0.6 is 0 Å². The molecule has 0 aromatic heterocycles. The molecule has 1 aliphatic rings. The molecule has 0 heterocycles. The molecular weight excluding hydrogens is 276 g/mol. The smallest absolute Gasteiger partial charge is 0.317 e. The Morgan fingerprint density at radius 2 is 1.91 bits per heavy atom. The van der Waals surface area contributed by atoms with Gasteiger partial charge in [-0.25, -0.2) is 4.79 Å². The third kappa shape index (κ3) is 4.73. The van der Waals surface area contributed by atoms with Crippen molar-refractivity contribution in [3.63, 3.8) is 0 Å². The number of carbonyl (C=O) groups excluding carboxylic acids is 1. The van der Waals surface area contributed by atoms with E-state index in [2.05, 4.69) is 17.4 Å². The number of urea groups is 1. The SMILES string of the molecule is CC(O)CN(C)C(=O)NC(c1ccccc1)C1CCCCC1. The zero-order valence-corrected chi connectivity index (χ0v) is 13.7. The van der Waals surface area contributed by atoms with Gasteiger partial charge in [0.05, 0.1) is 12.1 Å². The van der Waals surface area contributed by atoms with E-state index in [1.165, 1.54) is 37.7 Å². The summed E-state index contributed by atoms with van der Waals surface area (Å²) in [6.45, 7) is 2.04. The number of nitrogens with zero attached hydrogens (tertiary/aromatic N) is 1. The van der Waals surface area contributed by atoms with Gasteiger partial charge >= 0.3 is 6.03 Å². The predicted molar refractivity (Wildman–Crippen MR) is 88.6 cm³/mol. The molecule has 1 aliphatic carbocycles. The topological polar surface area (TPSA) is 52.6 Å². The molecule has 0 spiro atoms. The molecule has 2 N–H and O–H groups in total. The second kappa shape index (κ2) is 8.18. The molecule has 122 valence electrons. The Balaban J connectivity index is 2.09. The molecule has 0 aliphatic heterocycles. The van der Waals surface area contributed by atoms with Crippen molar-refractivity contribution in [3.05, 3.63) is 35.9 Å². The summed E-state index contributed by atoms with van der Waals surface area (Å²) in [7, 11) is 1.73. The summed E-state index contributed by atoms with van der Waals surface area (Å²) in [6.07, 6.45) is 5.61. The van der Waals surface area contributed by atoms with E-state index in [0.717, 1.165) is 0 Å². The van der Waals surface area contributed by atoms with E-state index >= 15 is 0 Å². The van der Waals surface area contributed by atoms with Gasteiger partial charge < -0.3 is 15.3 Å². The lowest BCUT2D eigenvalue weighted by Gasteiger charge is -2.33. The number of nitrogens with one attached hydrogen (secondary N) is 1. The minimum atomic E-state index is -0.513. The molecule has 1 aromatic carbocycles. The van der Waals surface area contributed by atoms with Gasteiger partial charge in [-0.3, -0.25) is 0 Å². The molecule has 0 radical (unpaired) electrons. The second-order valence-corrected chi connectivity index (χ2v) is 6.47. The lowest BCUT2D eigenvalue weighted by Crippen LogP contribution is -2.44. The van der Waals surface area contributed by atoms with Crippen LogP contribution in [-0.4, -0.2) is 35.7 Å². The van der Waals surface area contributed by atoms with E-state index in [1.807, 2.05) is 18.2 Å². The van der Waals surface area contributed by atoms with Crippen molar-refractivity contribution in [2.24, 2.45) is 5.92 Å². The number of benzene rings is 1. The first-order valence-electron chi connectivity index (χ1n) is 8.32. The van der Waals surface area contributed by atoms with Crippen LogP contribution < -0.4 is 5.32 Å². The van der Waals surface area contributed by atoms with Crippen LogP contribution in [0, 0.1) is 5.92 Å². The molecule has 2 unspecified atom stereocenters. The van der Waals surface area contributed by atoms with Gasteiger partial charge in [-0.05, 0) is 31.2 Å². The van der Waals surface area contributed by atoms with Crippen LogP contribution in [0.2, 0.25) is 0 Å². The lowest BCUT2D eigenvalue weighted by molar-refractivity contribution is 0.139. The molecule has 0 saturated heterocycles. The summed E-state index contributed by atoms with van der Waals surface area (Å²) >= 11 is 0. The first kappa shape index (κ1) is 16.8. The van der Waals surface area contributed by atoms with Crippen molar-refractivity contribution in [1.82, 2.24) is 10.2 Å². The maximum absolute atomic E-state index is 12.4. The average Bonchev–Trinajstić information content (AvgIpc) is 2.53. The molecule has 1 aromatic rings. The molecule has 4 heteroatoms. The number of hydrogen-bond donors (Lipinski definition) is 2. The van der Waals surface area contributed by atoms with Crippen molar-refractivity contribution >= 4 is 6.03 Å². The number of amides is 2. The highest BCUT2D eigenvalue weighted by atomic mass is 16.3. The van der Waals surface area contributed by atoms with Gasteiger partial charge in [-0.2, -0.15) is 0 Å². The zero-order chi connectivity index (χ0) is 15.9. The average molecular weight is 304 g/mol. The summed E-state index contributed by atoms with van der Waals surface area (Å²) in [5, 5.41) is 12.6. The van der Waals surface area contributed by atoms with E-state index in [1.54, 1.807) is 18.9 Å². The van der Waals surface area contributed by atoms with Gasteiger partial charge in [0, 0.05) is 13.6 Å². The Morgan fingerprint density at radius 3 is 2.50 bits per heavy atom. The number of aliphatic hydroxyl groups excluding tert-OH is 1. The van der Waals surface area contributed by atoms with Crippen molar-refractivity contribution in [2.45, 2.75) is 51.2 Å². The van der Waals surface area contributed by atoms with Gasteiger partial charge in [0.15, 0.2) is 0 Å². The number of hydrogen-bond acceptors (Lipinski definition) is 2. The first-order valence-corrected chi connectivity index (χ1v) is 8.32. The van der Waals surface area contributed by atoms with Crippen LogP contribution in [0.15, 0.2) is 30.3 Å². The number of rotatable bonds is 5. The number of likely N-dealkylation sites (N-methyl/N-ethyl adjacent to an activating group) is 1. The number of carbonyl (C=O) groups is 1. The fourth-order valence-corrected chi connectivity index (χ4v) is 3.32. The van der Waals surface area contributed by atoms with Gasteiger partial charge in [-0.1, -0.05) is 49.6 Å². The minimum absolute atomic E-state index is 0.0606. The molecule has 4 nitrogen and oxygen atoms in total. The van der Waals surface area contributed by atoms with Gasteiger partial charge in [-0.15, -0.1) is 0 Å². The summed E-state index contributed by atoms with van der Waals surface area (Å²) in [6, 6.07) is 10.2. The van der Waals surface area contributed by atoms with Crippen molar-refractivity contribution in [2.75, 3.05) is 13.6 Å². The standard InChI is InChI=1S/C18H28N2O2/c1-14(21)13-20(2)18(22)19-17(15-9-5-3-6-10-15)16-11-7-4-8-12-16/h3,5-6,9-10,14,16-17,21H,4,7-8,11-13H2,1-2H3,(H,19,22). The molecule has 22 heavy (non-hydrogen) atoms. The highest BCUT2D eigenvalue weighted by Crippen LogP contribution is 2.34. The van der Waals surface area contributed by atoms with Crippen LogP contribution in [0.1, 0.15) is 50.6 Å². The first-order chi connectivity index (χ1) is 10.6. The third-order valence-corrected chi connectivity index (χ3v) is 4.44. The summed E-state index contributed by atoms with van der Waals surface area (Å²) in [5.41, 5.74) is 1.17. The summed E-state index contributed by atoms with van der Waals surface area (Å²) in [4.78, 5) is 14.0. The highest BCUT2D eigenvalue weighted by Gasteiger charge is 2.27. The van der Waals surface area contributed by atoms with E-state index in [9.17, 15) is 9.90 Å². The molecule has 1 saturated carbocycles. The molecule has 2 atom stereocenters. The summed E-state index contributed by atoms with van der Waals surface area (Å²) < 4.78 is 0. The second-order valence-electron chi connectivity index (χ2n) is 6.47. The van der Waals surface area contributed by atoms with E-state index in [0.29, 0.717) is 12.5 Å². The Bertz CT molecular complexity index is 455. The molecular formula is C18H28N2O2. The van der Waals surface area contributed by atoms with Gasteiger partial charge in [0.1, 0.15) is 0 Å². The minimum Gasteiger partial charge on any atom is -0.392 e. The van der Waals surface area contributed by atoms with Crippen molar-refractivity contribution < 1.29 is 9.90 Å². The Labute approximate surface area is 133 Å².